The minimum atomic E-state index is -1.19. The van der Waals surface area contributed by atoms with E-state index < -0.39 is 10.9 Å². The third-order valence-electron chi connectivity index (χ3n) is 2.86. The van der Waals surface area contributed by atoms with Crippen LogP contribution < -0.4 is 4.90 Å². The first-order valence-electron chi connectivity index (χ1n) is 5.59. The second-order valence-corrected chi connectivity index (χ2v) is 4.43. The predicted octanol–water partition coefficient (Wildman–Crippen LogP) is 1.53. The first kappa shape index (κ1) is 12.3. The molecule has 0 unspecified atom stereocenters. The van der Waals surface area contributed by atoms with Gasteiger partial charge in [0.25, 0.3) is 0 Å². The van der Waals surface area contributed by atoms with Gasteiger partial charge in [-0.2, -0.15) is 0 Å². The van der Waals surface area contributed by atoms with Crippen molar-refractivity contribution in [3.63, 3.8) is 0 Å². The van der Waals surface area contributed by atoms with Gasteiger partial charge in [0.1, 0.15) is 0 Å². The van der Waals surface area contributed by atoms with Gasteiger partial charge in [-0.3, -0.25) is 10.1 Å². The van der Waals surface area contributed by atoms with Crippen LogP contribution in [0.15, 0.2) is 12.1 Å². The number of aromatic carboxylic acids is 1. The largest absolute Gasteiger partial charge is 0.477 e. The highest BCUT2D eigenvalue weighted by atomic mass is 16.6. The summed E-state index contributed by atoms with van der Waals surface area (Å²) in [6, 6.07) is 2.34. The summed E-state index contributed by atoms with van der Waals surface area (Å²) in [5.74, 6) is -0.539. The Hall–Kier alpha value is -2.18. The van der Waals surface area contributed by atoms with Crippen LogP contribution in [-0.4, -0.2) is 34.6 Å². The highest BCUT2D eigenvalue weighted by molar-refractivity contribution is 5.86. The number of carboxylic acids is 1. The summed E-state index contributed by atoms with van der Waals surface area (Å²) in [5.41, 5.74) is -0.346. The molecule has 0 spiro atoms. The average Bonchev–Trinajstić information content (AvgIpc) is 3.11. The summed E-state index contributed by atoms with van der Waals surface area (Å²) >= 11 is 0. The number of aromatic nitrogens is 1. The number of anilines is 1. The van der Waals surface area contributed by atoms with Gasteiger partial charge in [-0.1, -0.05) is 0 Å². The average molecular weight is 251 g/mol. The van der Waals surface area contributed by atoms with E-state index in [1.807, 2.05) is 0 Å². The molecule has 18 heavy (non-hydrogen) atoms. The van der Waals surface area contributed by atoms with Gasteiger partial charge in [-0.05, 0) is 24.8 Å². The fourth-order valence-electron chi connectivity index (χ4n) is 1.76. The topological polar surface area (TPSA) is 96.6 Å². The number of hydrogen-bond acceptors (Lipinski definition) is 5. The third-order valence-corrected chi connectivity index (χ3v) is 2.86. The fourth-order valence-corrected chi connectivity index (χ4v) is 1.76. The number of nitro groups is 1. The Morgan fingerprint density at radius 3 is 2.78 bits per heavy atom. The number of carbonyl (C=O) groups is 1. The minimum absolute atomic E-state index is 0.117. The van der Waals surface area contributed by atoms with E-state index in [1.165, 1.54) is 6.07 Å². The maximum atomic E-state index is 10.9. The van der Waals surface area contributed by atoms with Gasteiger partial charge in [0.05, 0.1) is 4.92 Å². The molecule has 7 heteroatoms. The second kappa shape index (κ2) is 4.59. The second-order valence-electron chi connectivity index (χ2n) is 4.43. The Balaban J connectivity index is 2.35. The smallest absolute Gasteiger partial charge is 0.354 e. The highest BCUT2D eigenvalue weighted by Gasteiger charge is 2.27. The third kappa shape index (κ3) is 2.55. The molecule has 0 aromatic carbocycles. The van der Waals surface area contributed by atoms with Crippen LogP contribution in [0.3, 0.4) is 0 Å². The molecule has 1 saturated carbocycles. The maximum Gasteiger partial charge on any atom is 0.354 e. The van der Waals surface area contributed by atoms with Crippen LogP contribution in [0.5, 0.6) is 0 Å². The molecule has 1 aliphatic carbocycles. The van der Waals surface area contributed by atoms with Crippen LogP contribution in [0.25, 0.3) is 0 Å². The lowest BCUT2D eigenvalue weighted by molar-refractivity contribution is -0.384. The molecular weight excluding hydrogens is 238 g/mol. The molecule has 7 nitrogen and oxygen atoms in total. The highest BCUT2D eigenvalue weighted by Crippen LogP contribution is 2.33. The molecule has 2 rings (SSSR count). The molecule has 1 aromatic heterocycles. The molecule has 1 heterocycles. The van der Waals surface area contributed by atoms with Gasteiger partial charge < -0.3 is 10.0 Å². The van der Waals surface area contributed by atoms with Gasteiger partial charge >= 0.3 is 11.7 Å². The molecule has 0 bridgehead atoms. The summed E-state index contributed by atoms with van der Waals surface area (Å²) in [4.78, 5) is 26.7. The zero-order valence-electron chi connectivity index (χ0n) is 9.87. The van der Waals surface area contributed by atoms with E-state index in [1.54, 1.807) is 11.9 Å². The van der Waals surface area contributed by atoms with E-state index in [0.29, 0.717) is 12.5 Å². The number of hydrogen-bond donors (Lipinski definition) is 1. The van der Waals surface area contributed by atoms with E-state index in [2.05, 4.69) is 4.98 Å². The SMILES string of the molecule is CN(CC1CC1)c1nc(C(=O)O)ccc1[N+](=O)[O-]. The van der Waals surface area contributed by atoms with Crippen LogP contribution >= 0.6 is 0 Å². The summed E-state index contributed by atoms with van der Waals surface area (Å²) in [7, 11) is 1.69. The molecule has 1 aliphatic rings. The van der Waals surface area contributed by atoms with Crippen molar-refractivity contribution in [1.82, 2.24) is 4.98 Å². The van der Waals surface area contributed by atoms with Gasteiger partial charge in [-0.25, -0.2) is 9.78 Å². The number of carboxylic acid groups (broad SMARTS) is 1. The molecule has 0 saturated heterocycles. The van der Waals surface area contributed by atoms with Crippen LogP contribution in [0, 0.1) is 16.0 Å². The summed E-state index contributed by atoms with van der Waals surface area (Å²) in [6.07, 6.45) is 2.22. The molecular formula is C11H13N3O4. The van der Waals surface area contributed by atoms with Crippen molar-refractivity contribution >= 4 is 17.5 Å². The Kier molecular flexibility index (Phi) is 3.14. The maximum absolute atomic E-state index is 10.9. The van der Waals surface area contributed by atoms with E-state index in [9.17, 15) is 14.9 Å². The Bertz CT molecular complexity index is 499. The van der Waals surface area contributed by atoms with Crippen molar-refractivity contribution in [2.45, 2.75) is 12.8 Å². The molecule has 0 aliphatic heterocycles. The monoisotopic (exact) mass is 251 g/mol. The number of pyridine rings is 1. The van der Waals surface area contributed by atoms with E-state index in [-0.39, 0.29) is 17.2 Å². The zero-order valence-corrected chi connectivity index (χ0v) is 9.87. The molecule has 1 aromatic rings. The van der Waals surface area contributed by atoms with Gasteiger partial charge in [0.2, 0.25) is 5.82 Å². The van der Waals surface area contributed by atoms with Gasteiger partial charge in [0.15, 0.2) is 5.69 Å². The molecule has 0 atom stereocenters. The molecule has 1 N–H and O–H groups in total. The summed E-state index contributed by atoms with van der Waals surface area (Å²) in [6.45, 7) is 0.664. The van der Waals surface area contributed by atoms with Crippen LogP contribution in [-0.2, 0) is 0 Å². The van der Waals surface area contributed by atoms with E-state index in [4.69, 9.17) is 5.11 Å². The quantitative estimate of drug-likeness (QED) is 0.629. The normalized spacial score (nSPS) is 14.3. The van der Waals surface area contributed by atoms with Crippen molar-refractivity contribution in [3.8, 4) is 0 Å². The van der Waals surface area contributed by atoms with Crippen molar-refractivity contribution in [2.75, 3.05) is 18.5 Å². The van der Waals surface area contributed by atoms with Crippen LogP contribution in [0.1, 0.15) is 23.3 Å². The Labute approximate surface area is 103 Å². The molecule has 1 fully saturated rings. The van der Waals surface area contributed by atoms with Crippen molar-refractivity contribution in [1.29, 1.82) is 0 Å². The van der Waals surface area contributed by atoms with Gasteiger partial charge in [-0.15, -0.1) is 0 Å². The van der Waals surface area contributed by atoms with Gasteiger partial charge in [0, 0.05) is 19.7 Å². The van der Waals surface area contributed by atoms with Crippen molar-refractivity contribution in [3.05, 3.63) is 27.9 Å². The van der Waals surface area contributed by atoms with Crippen LogP contribution in [0.4, 0.5) is 11.5 Å². The van der Waals surface area contributed by atoms with E-state index >= 15 is 0 Å². The standard InChI is InChI=1S/C11H13N3O4/c1-13(6-7-2-3-7)10-9(14(17)18)5-4-8(12-10)11(15)16/h4-5,7H,2-3,6H2,1H3,(H,15,16). The first-order chi connectivity index (χ1) is 8.49. The molecule has 0 radical (unpaired) electrons. The summed E-state index contributed by atoms with van der Waals surface area (Å²) < 4.78 is 0. The Morgan fingerprint density at radius 2 is 2.28 bits per heavy atom. The van der Waals surface area contributed by atoms with Crippen molar-refractivity contribution in [2.24, 2.45) is 5.92 Å². The zero-order chi connectivity index (χ0) is 13.3. The van der Waals surface area contributed by atoms with E-state index in [0.717, 1.165) is 18.9 Å². The Morgan fingerprint density at radius 1 is 1.61 bits per heavy atom. The minimum Gasteiger partial charge on any atom is -0.477 e. The lowest BCUT2D eigenvalue weighted by Crippen LogP contribution is -2.23. The lowest BCUT2D eigenvalue weighted by atomic mass is 10.3. The predicted molar refractivity (Wildman–Crippen MR) is 63.8 cm³/mol. The number of nitrogens with zero attached hydrogens (tertiary/aromatic N) is 3. The lowest BCUT2D eigenvalue weighted by Gasteiger charge is -2.17. The van der Waals surface area contributed by atoms with Crippen LogP contribution in [0.2, 0.25) is 0 Å². The first-order valence-corrected chi connectivity index (χ1v) is 5.59. The molecule has 96 valence electrons. The number of rotatable bonds is 5. The summed E-state index contributed by atoms with van der Waals surface area (Å²) in [5, 5.41) is 19.8. The fraction of sp³-hybridized carbons (Fsp3) is 0.455. The van der Waals surface area contributed by atoms with Crippen molar-refractivity contribution < 1.29 is 14.8 Å². The molecule has 0 amide bonds.